The Morgan fingerprint density at radius 2 is 1.82 bits per heavy atom. The van der Waals surface area contributed by atoms with E-state index >= 15 is 0 Å². The van der Waals surface area contributed by atoms with Crippen LogP contribution in [0.3, 0.4) is 0 Å². The molecule has 0 atom stereocenters. The lowest BCUT2D eigenvalue weighted by Crippen LogP contribution is -2.13. The fraction of sp³-hybridized carbons (Fsp3) is 0.0714. The summed E-state index contributed by atoms with van der Waals surface area (Å²) in [5.41, 5.74) is -0.453. The van der Waals surface area contributed by atoms with Crippen molar-refractivity contribution in [3.8, 4) is 5.88 Å². The quantitative estimate of drug-likeness (QED) is 0.882. The van der Waals surface area contributed by atoms with E-state index in [9.17, 15) is 22.8 Å². The Morgan fingerprint density at radius 3 is 2.32 bits per heavy atom. The Hall–Kier alpha value is -2.90. The number of benzene rings is 1. The number of amides is 1. The molecule has 114 valence electrons. The maximum atomic E-state index is 12.4. The topological polar surface area (TPSA) is 68.3 Å². The number of carbonyl (C=O) groups is 2. The van der Waals surface area contributed by atoms with E-state index < -0.39 is 17.6 Å². The zero-order valence-corrected chi connectivity index (χ0v) is 10.9. The van der Waals surface area contributed by atoms with E-state index in [0.717, 1.165) is 24.3 Å². The number of anilines is 1. The van der Waals surface area contributed by atoms with Crippen LogP contribution in [0.4, 0.5) is 18.9 Å². The number of alkyl halides is 3. The van der Waals surface area contributed by atoms with Crippen LogP contribution in [-0.2, 0) is 11.0 Å². The molecular formula is C14H9F3N2O3. The number of hydrogen-bond donors (Lipinski definition) is 1. The molecule has 0 aliphatic rings. The lowest BCUT2D eigenvalue weighted by molar-refractivity contribution is -0.137. The molecule has 2 aromatic rings. The molecule has 2 rings (SSSR count). The molecule has 5 nitrogen and oxygen atoms in total. The molecule has 0 radical (unpaired) electrons. The molecule has 1 heterocycles. The van der Waals surface area contributed by atoms with Gasteiger partial charge in [0.05, 0.1) is 17.4 Å². The van der Waals surface area contributed by atoms with Gasteiger partial charge in [-0.2, -0.15) is 13.2 Å². The van der Waals surface area contributed by atoms with Gasteiger partial charge >= 0.3 is 6.18 Å². The molecule has 1 aromatic carbocycles. The fourth-order valence-electron chi connectivity index (χ4n) is 1.59. The standard InChI is InChI=1S/C14H9F3N2O3/c15-14(16,17)10-3-1-9(2-4-10)13(21)19-11-5-6-12(18-7-11)22-8-20/h1-8H,(H,19,21). The first-order valence-electron chi connectivity index (χ1n) is 5.95. The lowest BCUT2D eigenvalue weighted by Gasteiger charge is -2.08. The second kappa shape index (κ2) is 6.25. The third-order valence-corrected chi connectivity index (χ3v) is 2.64. The average molecular weight is 310 g/mol. The van der Waals surface area contributed by atoms with Gasteiger partial charge in [-0.3, -0.25) is 9.59 Å². The van der Waals surface area contributed by atoms with Gasteiger partial charge in [0.15, 0.2) is 0 Å². The van der Waals surface area contributed by atoms with Crippen LogP contribution in [0, 0.1) is 0 Å². The van der Waals surface area contributed by atoms with E-state index in [0.29, 0.717) is 5.69 Å². The number of nitrogens with one attached hydrogen (secondary N) is 1. The number of nitrogens with zero attached hydrogens (tertiary/aromatic N) is 1. The van der Waals surface area contributed by atoms with Crippen LogP contribution in [0.2, 0.25) is 0 Å². The molecule has 0 bridgehead atoms. The normalized spacial score (nSPS) is 10.9. The van der Waals surface area contributed by atoms with Gasteiger partial charge in [-0.15, -0.1) is 0 Å². The Bertz CT molecular complexity index is 667. The summed E-state index contributed by atoms with van der Waals surface area (Å²) in [5, 5.41) is 2.46. The summed E-state index contributed by atoms with van der Waals surface area (Å²) < 4.78 is 41.8. The van der Waals surface area contributed by atoms with Crippen molar-refractivity contribution in [2.24, 2.45) is 0 Å². The summed E-state index contributed by atoms with van der Waals surface area (Å²) >= 11 is 0. The maximum absolute atomic E-state index is 12.4. The van der Waals surface area contributed by atoms with Crippen LogP contribution in [0.5, 0.6) is 5.88 Å². The van der Waals surface area contributed by atoms with Crippen LogP contribution < -0.4 is 10.1 Å². The van der Waals surface area contributed by atoms with Crippen molar-refractivity contribution in [1.82, 2.24) is 4.98 Å². The van der Waals surface area contributed by atoms with Crippen molar-refractivity contribution >= 4 is 18.1 Å². The van der Waals surface area contributed by atoms with Gasteiger partial charge in [0.25, 0.3) is 12.4 Å². The van der Waals surface area contributed by atoms with Gasteiger partial charge in [-0.05, 0) is 30.3 Å². The molecule has 22 heavy (non-hydrogen) atoms. The molecule has 1 N–H and O–H groups in total. The van der Waals surface area contributed by atoms with E-state index in [2.05, 4.69) is 15.0 Å². The zero-order chi connectivity index (χ0) is 16.2. The van der Waals surface area contributed by atoms with Gasteiger partial charge < -0.3 is 10.1 Å². The van der Waals surface area contributed by atoms with Gasteiger partial charge in [0, 0.05) is 11.6 Å². The number of rotatable bonds is 4. The Kier molecular flexibility index (Phi) is 4.40. The van der Waals surface area contributed by atoms with Crippen molar-refractivity contribution < 1.29 is 27.5 Å². The minimum absolute atomic E-state index is 0.0579. The third-order valence-electron chi connectivity index (χ3n) is 2.64. The number of hydrogen-bond acceptors (Lipinski definition) is 4. The van der Waals surface area contributed by atoms with Gasteiger partial charge in [-0.25, -0.2) is 4.98 Å². The van der Waals surface area contributed by atoms with Gasteiger partial charge in [-0.1, -0.05) is 0 Å². The van der Waals surface area contributed by atoms with Crippen molar-refractivity contribution in [2.75, 3.05) is 5.32 Å². The highest BCUT2D eigenvalue weighted by atomic mass is 19.4. The maximum Gasteiger partial charge on any atom is 0.416 e. The van der Waals surface area contributed by atoms with Crippen molar-refractivity contribution in [2.45, 2.75) is 6.18 Å². The van der Waals surface area contributed by atoms with Crippen molar-refractivity contribution in [3.05, 3.63) is 53.7 Å². The highest BCUT2D eigenvalue weighted by Crippen LogP contribution is 2.29. The number of halogens is 3. The number of pyridine rings is 1. The third kappa shape index (κ3) is 3.81. The molecule has 1 amide bonds. The molecule has 0 aliphatic carbocycles. The summed E-state index contributed by atoms with van der Waals surface area (Å²) in [4.78, 5) is 25.7. The molecule has 0 fully saturated rings. The molecule has 0 saturated heterocycles. The van der Waals surface area contributed by atoms with Gasteiger partial charge in [0.2, 0.25) is 5.88 Å². The first-order chi connectivity index (χ1) is 10.4. The first-order valence-corrected chi connectivity index (χ1v) is 5.95. The minimum Gasteiger partial charge on any atom is -0.410 e. The molecule has 0 unspecified atom stereocenters. The second-order valence-electron chi connectivity index (χ2n) is 4.13. The molecular weight excluding hydrogens is 301 g/mol. The summed E-state index contributed by atoms with van der Waals surface area (Å²) in [6, 6.07) is 6.61. The van der Waals surface area contributed by atoms with Crippen molar-refractivity contribution in [1.29, 1.82) is 0 Å². The predicted molar refractivity (Wildman–Crippen MR) is 70.3 cm³/mol. The highest BCUT2D eigenvalue weighted by Gasteiger charge is 2.30. The molecule has 0 aliphatic heterocycles. The highest BCUT2D eigenvalue weighted by molar-refractivity contribution is 6.04. The Labute approximate surface area is 122 Å². The largest absolute Gasteiger partial charge is 0.416 e. The Balaban J connectivity index is 2.07. The van der Waals surface area contributed by atoms with Gasteiger partial charge in [0.1, 0.15) is 0 Å². The number of aromatic nitrogens is 1. The van der Waals surface area contributed by atoms with Crippen LogP contribution in [0.15, 0.2) is 42.6 Å². The van der Waals surface area contributed by atoms with E-state index in [1.54, 1.807) is 0 Å². The second-order valence-corrected chi connectivity index (χ2v) is 4.13. The predicted octanol–water partition coefficient (Wildman–Crippen LogP) is 2.89. The molecule has 0 saturated carbocycles. The van der Waals surface area contributed by atoms with E-state index in [4.69, 9.17) is 0 Å². The average Bonchev–Trinajstić information content (AvgIpc) is 2.49. The number of ether oxygens (including phenoxy) is 1. The van der Waals surface area contributed by atoms with E-state index in [1.807, 2.05) is 0 Å². The molecule has 8 heteroatoms. The monoisotopic (exact) mass is 310 g/mol. The summed E-state index contributed by atoms with van der Waals surface area (Å²) in [6.07, 6.45) is -3.20. The summed E-state index contributed by atoms with van der Waals surface area (Å²) in [7, 11) is 0. The Morgan fingerprint density at radius 1 is 1.14 bits per heavy atom. The van der Waals surface area contributed by atoms with Crippen molar-refractivity contribution in [3.63, 3.8) is 0 Å². The SMILES string of the molecule is O=COc1ccc(NC(=O)c2ccc(C(F)(F)F)cc2)cn1. The first kappa shape index (κ1) is 15.5. The van der Waals surface area contributed by atoms with Crippen LogP contribution in [-0.4, -0.2) is 17.4 Å². The van der Waals surface area contributed by atoms with E-state index in [1.165, 1.54) is 18.3 Å². The fourth-order valence-corrected chi connectivity index (χ4v) is 1.59. The summed E-state index contributed by atoms with van der Waals surface area (Å²) in [6.45, 7) is 0.211. The van der Waals surface area contributed by atoms with Crippen LogP contribution in [0.1, 0.15) is 15.9 Å². The molecule has 0 spiro atoms. The molecule has 1 aromatic heterocycles. The van der Waals surface area contributed by atoms with Crippen LogP contribution in [0.25, 0.3) is 0 Å². The zero-order valence-electron chi connectivity index (χ0n) is 10.9. The smallest absolute Gasteiger partial charge is 0.410 e. The lowest BCUT2D eigenvalue weighted by atomic mass is 10.1. The summed E-state index contributed by atoms with van der Waals surface area (Å²) in [5.74, 6) is -0.526. The van der Waals surface area contributed by atoms with Crippen LogP contribution >= 0.6 is 0 Å². The minimum atomic E-state index is -4.45. The van der Waals surface area contributed by atoms with E-state index in [-0.39, 0.29) is 17.9 Å². The number of carbonyl (C=O) groups excluding carboxylic acids is 2.